The molecule has 0 radical (unpaired) electrons. The predicted molar refractivity (Wildman–Crippen MR) is 101 cm³/mol. The van der Waals surface area contributed by atoms with Gasteiger partial charge in [0.2, 0.25) is 10.0 Å². The molecule has 0 aliphatic heterocycles. The molecule has 27 heavy (non-hydrogen) atoms. The lowest BCUT2D eigenvalue weighted by Gasteiger charge is -2.10. The van der Waals surface area contributed by atoms with E-state index in [0.29, 0.717) is 5.69 Å². The Labute approximate surface area is 157 Å². The van der Waals surface area contributed by atoms with Crippen molar-refractivity contribution in [3.63, 3.8) is 0 Å². The number of rotatable bonds is 8. The lowest BCUT2D eigenvalue weighted by molar-refractivity contribution is -0.385. The highest BCUT2D eigenvalue weighted by molar-refractivity contribution is 7.89. The molecule has 10 heteroatoms. The van der Waals surface area contributed by atoms with E-state index >= 15 is 0 Å². The molecule has 0 saturated carbocycles. The van der Waals surface area contributed by atoms with E-state index in [4.69, 9.17) is 0 Å². The second kappa shape index (κ2) is 9.10. The molecule has 0 aromatic heterocycles. The number of nitrogens with one attached hydrogen (secondary N) is 3. The van der Waals surface area contributed by atoms with Crippen molar-refractivity contribution in [1.82, 2.24) is 10.0 Å². The summed E-state index contributed by atoms with van der Waals surface area (Å²) in [6.45, 7) is 1.99. The number of non-ortho nitro benzene ring substituents is 1. The number of hydrogen-bond acceptors (Lipinski definition) is 5. The Morgan fingerprint density at radius 1 is 1.11 bits per heavy atom. The maximum atomic E-state index is 12.2. The van der Waals surface area contributed by atoms with E-state index in [2.05, 4.69) is 15.4 Å². The first-order chi connectivity index (χ1) is 12.8. The fourth-order valence-corrected chi connectivity index (χ4v) is 3.32. The van der Waals surface area contributed by atoms with Crippen LogP contribution in [0, 0.1) is 10.1 Å². The topological polar surface area (TPSA) is 130 Å². The van der Waals surface area contributed by atoms with Crippen LogP contribution in [0.4, 0.5) is 16.2 Å². The van der Waals surface area contributed by atoms with Gasteiger partial charge in [0.15, 0.2) is 0 Å². The number of amides is 2. The molecule has 144 valence electrons. The normalized spacial score (nSPS) is 11.0. The lowest BCUT2D eigenvalue weighted by Crippen LogP contribution is -2.36. The summed E-state index contributed by atoms with van der Waals surface area (Å²) in [7, 11) is -3.91. The van der Waals surface area contributed by atoms with Gasteiger partial charge in [0.05, 0.1) is 9.82 Å². The van der Waals surface area contributed by atoms with E-state index in [1.165, 1.54) is 18.2 Å². The van der Waals surface area contributed by atoms with Gasteiger partial charge in [-0.15, -0.1) is 0 Å². The van der Waals surface area contributed by atoms with Gasteiger partial charge < -0.3 is 10.6 Å². The van der Waals surface area contributed by atoms with Crippen molar-refractivity contribution in [3.05, 3.63) is 64.2 Å². The van der Waals surface area contributed by atoms with Gasteiger partial charge in [0.1, 0.15) is 0 Å². The SMILES string of the molecule is CCc1cccc(NC(=O)NCCNS(=O)(=O)c2cccc([N+](=O)[O-])c2)c1. The number of nitrogens with zero attached hydrogens (tertiary/aromatic N) is 1. The Hall–Kier alpha value is -2.98. The largest absolute Gasteiger partial charge is 0.337 e. The van der Waals surface area contributed by atoms with Crippen molar-refractivity contribution in [2.45, 2.75) is 18.2 Å². The molecule has 0 atom stereocenters. The van der Waals surface area contributed by atoms with E-state index in [-0.39, 0.29) is 23.7 Å². The van der Waals surface area contributed by atoms with Gasteiger partial charge in [-0.2, -0.15) is 0 Å². The van der Waals surface area contributed by atoms with E-state index in [1.807, 2.05) is 25.1 Å². The smallest absolute Gasteiger partial charge is 0.319 e. The number of sulfonamides is 1. The number of benzene rings is 2. The summed E-state index contributed by atoms with van der Waals surface area (Å²) in [4.78, 5) is 21.7. The first-order valence-corrected chi connectivity index (χ1v) is 9.68. The molecule has 0 bridgehead atoms. The minimum Gasteiger partial charge on any atom is -0.337 e. The molecule has 9 nitrogen and oxygen atoms in total. The minimum atomic E-state index is -3.91. The summed E-state index contributed by atoms with van der Waals surface area (Å²) in [5.74, 6) is 0. The maximum Gasteiger partial charge on any atom is 0.319 e. The van der Waals surface area contributed by atoms with Crippen LogP contribution in [0.25, 0.3) is 0 Å². The monoisotopic (exact) mass is 392 g/mol. The van der Waals surface area contributed by atoms with Gasteiger partial charge in [0, 0.05) is 30.9 Å². The second-order valence-corrected chi connectivity index (χ2v) is 7.35. The standard InChI is InChI=1S/C17H20N4O5S/c1-2-13-5-3-6-14(11-13)20-17(22)18-9-10-19-27(25,26)16-8-4-7-15(12-16)21(23)24/h3-8,11-12,19H,2,9-10H2,1H3,(H2,18,20,22). The zero-order valence-electron chi connectivity index (χ0n) is 14.6. The molecular formula is C17H20N4O5S. The highest BCUT2D eigenvalue weighted by Crippen LogP contribution is 2.16. The predicted octanol–water partition coefficient (Wildman–Crippen LogP) is 2.26. The number of carbonyl (C=O) groups excluding carboxylic acids is 1. The van der Waals surface area contributed by atoms with Gasteiger partial charge in [0.25, 0.3) is 5.69 Å². The number of carbonyl (C=O) groups is 1. The Bertz CT molecular complexity index is 930. The highest BCUT2D eigenvalue weighted by atomic mass is 32.2. The molecule has 0 unspecified atom stereocenters. The van der Waals surface area contributed by atoms with Crippen molar-refractivity contribution < 1.29 is 18.1 Å². The van der Waals surface area contributed by atoms with Crippen LogP contribution >= 0.6 is 0 Å². The Morgan fingerprint density at radius 2 is 1.85 bits per heavy atom. The number of anilines is 1. The summed E-state index contributed by atoms with van der Waals surface area (Å²) in [5.41, 5.74) is 1.41. The number of nitro groups is 1. The fourth-order valence-electron chi connectivity index (χ4n) is 2.25. The number of nitro benzene ring substituents is 1. The molecule has 2 aromatic rings. The number of urea groups is 1. The van der Waals surface area contributed by atoms with Crippen molar-refractivity contribution in [2.24, 2.45) is 0 Å². The number of hydrogen-bond donors (Lipinski definition) is 3. The average molecular weight is 392 g/mol. The summed E-state index contributed by atoms with van der Waals surface area (Å²) in [6, 6.07) is 11.7. The molecule has 0 spiro atoms. The van der Waals surface area contributed by atoms with E-state index < -0.39 is 21.0 Å². The molecule has 0 saturated heterocycles. The average Bonchev–Trinajstić information content (AvgIpc) is 2.65. The van der Waals surface area contributed by atoms with Crippen LogP contribution in [-0.2, 0) is 16.4 Å². The molecule has 0 fully saturated rings. The van der Waals surface area contributed by atoms with Crippen LogP contribution in [0.5, 0.6) is 0 Å². The summed E-state index contributed by atoms with van der Waals surface area (Å²) in [5, 5.41) is 15.9. The lowest BCUT2D eigenvalue weighted by atomic mass is 10.1. The molecular weight excluding hydrogens is 372 g/mol. The van der Waals surface area contributed by atoms with Gasteiger partial charge in [-0.1, -0.05) is 25.1 Å². The zero-order chi connectivity index (χ0) is 19.9. The van der Waals surface area contributed by atoms with Crippen LogP contribution in [-0.4, -0.2) is 32.5 Å². The van der Waals surface area contributed by atoms with Crippen molar-refractivity contribution >= 4 is 27.4 Å². The van der Waals surface area contributed by atoms with E-state index in [9.17, 15) is 23.3 Å². The van der Waals surface area contributed by atoms with Crippen molar-refractivity contribution in [3.8, 4) is 0 Å². The molecule has 2 rings (SSSR count). The minimum absolute atomic E-state index is 0.0491. The second-order valence-electron chi connectivity index (χ2n) is 5.59. The van der Waals surface area contributed by atoms with Crippen LogP contribution in [0.15, 0.2) is 53.4 Å². The Balaban J connectivity index is 1.84. The quantitative estimate of drug-likeness (QED) is 0.360. The fraction of sp³-hybridized carbons (Fsp3) is 0.235. The molecule has 0 aliphatic rings. The first-order valence-electron chi connectivity index (χ1n) is 8.19. The zero-order valence-corrected chi connectivity index (χ0v) is 15.5. The Kier molecular flexibility index (Phi) is 6.85. The van der Waals surface area contributed by atoms with Gasteiger partial charge in [-0.05, 0) is 30.2 Å². The third-order valence-corrected chi connectivity index (χ3v) is 5.09. The van der Waals surface area contributed by atoms with Crippen LogP contribution in [0.1, 0.15) is 12.5 Å². The number of aryl methyl sites for hydroxylation is 1. The summed E-state index contributed by atoms with van der Waals surface area (Å²) in [6.07, 6.45) is 0.844. The van der Waals surface area contributed by atoms with Crippen LogP contribution in [0.2, 0.25) is 0 Å². The molecule has 0 heterocycles. The van der Waals surface area contributed by atoms with Crippen LogP contribution < -0.4 is 15.4 Å². The van der Waals surface area contributed by atoms with E-state index in [0.717, 1.165) is 18.1 Å². The first kappa shape index (κ1) is 20.3. The van der Waals surface area contributed by atoms with Gasteiger partial charge in [-0.3, -0.25) is 10.1 Å². The van der Waals surface area contributed by atoms with Crippen molar-refractivity contribution in [2.75, 3.05) is 18.4 Å². The van der Waals surface area contributed by atoms with Gasteiger partial charge in [-0.25, -0.2) is 17.9 Å². The summed E-state index contributed by atoms with van der Waals surface area (Å²) < 4.78 is 26.6. The van der Waals surface area contributed by atoms with Gasteiger partial charge >= 0.3 is 6.03 Å². The van der Waals surface area contributed by atoms with Crippen LogP contribution in [0.3, 0.4) is 0 Å². The Morgan fingerprint density at radius 3 is 2.56 bits per heavy atom. The maximum absolute atomic E-state index is 12.2. The van der Waals surface area contributed by atoms with Crippen molar-refractivity contribution in [1.29, 1.82) is 0 Å². The molecule has 2 aromatic carbocycles. The molecule has 2 amide bonds. The summed E-state index contributed by atoms with van der Waals surface area (Å²) >= 11 is 0. The molecule has 0 aliphatic carbocycles. The third-order valence-electron chi connectivity index (χ3n) is 3.63. The highest BCUT2D eigenvalue weighted by Gasteiger charge is 2.17. The third kappa shape index (κ3) is 6.04. The van der Waals surface area contributed by atoms with E-state index in [1.54, 1.807) is 6.07 Å². The molecule has 3 N–H and O–H groups in total.